The van der Waals surface area contributed by atoms with E-state index in [1.54, 1.807) is 0 Å². The molecule has 2 rings (SSSR count). The molecule has 0 saturated carbocycles. The summed E-state index contributed by atoms with van der Waals surface area (Å²) in [5.41, 5.74) is 0. The third-order valence-corrected chi connectivity index (χ3v) is 3.97. The molecule has 0 N–H and O–H groups in total. The number of hydrogen-bond donors (Lipinski definition) is 0. The molecule has 0 aromatic carbocycles. The van der Waals surface area contributed by atoms with Gasteiger partial charge >= 0.3 is 0 Å². The van der Waals surface area contributed by atoms with Crippen molar-refractivity contribution in [2.75, 3.05) is 39.8 Å². The minimum absolute atomic E-state index is 0.291. The molecular weight excluding hydrogens is 228 g/mol. The smallest absolute Gasteiger partial charge is 0.236 e. The molecule has 2 aliphatic rings. The van der Waals surface area contributed by atoms with E-state index in [9.17, 15) is 4.79 Å². The zero-order chi connectivity index (χ0) is 12.8. The Labute approximate surface area is 110 Å². The van der Waals surface area contributed by atoms with E-state index in [-0.39, 0.29) is 0 Å². The quantitative estimate of drug-likeness (QED) is 0.745. The number of nitrogens with zero attached hydrogens (tertiary/aromatic N) is 2. The van der Waals surface area contributed by atoms with E-state index >= 15 is 0 Å². The lowest BCUT2D eigenvalue weighted by molar-refractivity contribution is -0.131. The lowest BCUT2D eigenvalue weighted by Gasteiger charge is -2.26. The van der Waals surface area contributed by atoms with Gasteiger partial charge in [0.1, 0.15) is 0 Å². The van der Waals surface area contributed by atoms with E-state index < -0.39 is 0 Å². The molecule has 18 heavy (non-hydrogen) atoms. The SMILES string of the molecule is CN(CCC1CCCCO1)CC(=O)N1CCCC1. The molecule has 2 aliphatic heterocycles. The Kier molecular flexibility index (Phi) is 5.45. The molecule has 1 atom stereocenters. The van der Waals surface area contributed by atoms with Gasteiger partial charge in [-0.25, -0.2) is 0 Å². The van der Waals surface area contributed by atoms with Crippen LogP contribution in [0.4, 0.5) is 0 Å². The highest BCUT2D eigenvalue weighted by Crippen LogP contribution is 2.15. The molecular formula is C14H26N2O2. The predicted octanol–water partition coefficient (Wildman–Crippen LogP) is 1.50. The van der Waals surface area contributed by atoms with Crippen molar-refractivity contribution < 1.29 is 9.53 Å². The highest BCUT2D eigenvalue weighted by Gasteiger charge is 2.20. The summed E-state index contributed by atoms with van der Waals surface area (Å²) in [4.78, 5) is 16.1. The summed E-state index contributed by atoms with van der Waals surface area (Å²) < 4.78 is 5.71. The first kappa shape index (κ1) is 13.8. The fourth-order valence-electron chi connectivity index (χ4n) is 2.78. The summed E-state index contributed by atoms with van der Waals surface area (Å²) in [6.07, 6.45) is 7.51. The summed E-state index contributed by atoms with van der Waals surface area (Å²) in [5, 5.41) is 0. The number of rotatable bonds is 5. The molecule has 0 radical (unpaired) electrons. The molecule has 2 heterocycles. The maximum Gasteiger partial charge on any atom is 0.236 e. The third-order valence-electron chi connectivity index (χ3n) is 3.97. The van der Waals surface area contributed by atoms with Gasteiger partial charge in [0.15, 0.2) is 0 Å². The maximum atomic E-state index is 12.0. The summed E-state index contributed by atoms with van der Waals surface area (Å²) in [7, 11) is 2.04. The van der Waals surface area contributed by atoms with Crippen LogP contribution < -0.4 is 0 Å². The van der Waals surface area contributed by atoms with Crippen molar-refractivity contribution >= 4 is 5.91 Å². The Balaban J connectivity index is 1.61. The lowest BCUT2D eigenvalue weighted by atomic mass is 10.1. The molecule has 0 spiro atoms. The van der Waals surface area contributed by atoms with Gasteiger partial charge in [0.25, 0.3) is 0 Å². The van der Waals surface area contributed by atoms with Crippen LogP contribution in [0.15, 0.2) is 0 Å². The second-order valence-electron chi connectivity index (χ2n) is 5.60. The highest BCUT2D eigenvalue weighted by atomic mass is 16.5. The first-order valence-corrected chi connectivity index (χ1v) is 7.33. The summed E-state index contributed by atoms with van der Waals surface area (Å²) >= 11 is 0. The van der Waals surface area contributed by atoms with Crippen molar-refractivity contribution in [1.29, 1.82) is 0 Å². The van der Waals surface area contributed by atoms with Crippen LogP contribution in [0.1, 0.15) is 38.5 Å². The third kappa shape index (κ3) is 4.25. The van der Waals surface area contributed by atoms with Gasteiger partial charge in [-0.2, -0.15) is 0 Å². The Morgan fingerprint density at radius 1 is 1.28 bits per heavy atom. The predicted molar refractivity (Wildman–Crippen MR) is 71.5 cm³/mol. The lowest BCUT2D eigenvalue weighted by Crippen LogP contribution is -2.38. The van der Waals surface area contributed by atoms with Gasteiger partial charge in [0.2, 0.25) is 5.91 Å². The number of carbonyl (C=O) groups excluding carboxylic acids is 1. The van der Waals surface area contributed by atoms with E-state index in [0.717, 1.165) is 32.7 Å². The monoisotopic (exact) mass is 254 g/mol. The van der Waals surface area contributed by atoms with Crippen LogP contribution in [0.3, 0.4) is 0 Å². The molecule has 0 bridgehead atoms. The van der Waals surface area contributed by atoms with Crippen LogP contribution in [-0.4, -0.2) is 61.6 Å². The van der Waals surface area contributed by atoms with Gasteiger partial charge in [-0.05, 0) is 45.6 Å². The number of likely N-dealkylation sites (N-methyl/N-ethyl adjacent to an activating group) is 1. The number of amides is 1. The average molecular weight is 254 g/mol. The van der Waals surface area contributed by atoms with Gasteiger partial charge in [-0.1, -0.05) is 0 Å². The molecule has 0 aromatic rings. The number of hydrogen-bond acceptors (Lipinski definition) is 3. The van der Waals surface area contributed by atoms with Crippen molar-refractivity contribution in [2.45, 2.75) is 44.6 Å². The van der Waals surface area contributed by atoms with Crippen molar-refractivity contribution in [1.82, 2.24) is 9.80 Å². The molecule has 2 fully saturated rings. The number of ether oxygens (including phenoxy) is 1. The highest BCUT2D eigenvalue weighted by molar-refractivity contribution is 5.78. The first-order valence-electron chi connectivity index (χ1n) is 7.33. The van der Waals surface area contributed by atoms with E-state index in [4.69, 9.17) is 4.74 Å². The van der Waals surface area contributed by atoms with E-state index in [2.05, 4.69) is 4.90 Å². The second-order valence-corrected chi connectivity index (χ2v) is 5.60. The Hall–Kier alpha value is -0.610. The minimum Gasteiger partial charge on any atom is -0.378 e. The van der Waals surface area contributed by atoms with Crippen LogP contribution >= 0.6 is 0 Å². The molecule has 0 aliphatic carbocycles. The van der Waals surface area contributed by atoms with Crippen LogP contribution in [0.5, 0.6) is 0 Å². The summed E-state index contributed by atoms with van der Waals surface area (Å²) in [5.74, 6) is 0.291. The van der Waals surface area contributed by atoms with Crippen LogP contribution in [0.2, 0.25) is 0 Å². The number of carbonyl (C=O) groups is 1. The van der Waals surface area contributed by atoms with Crippen LogP contribution in [0.25, 0.3) is 0 Å². The van der Waals surface area contributed by atoms with Crippen molar-refractivity contribution in [2.24, 2.45) is 0 Å². The van der Waals surface area contributed by atoms with Gasteiger partial charge in [0.05, 0.1) is 12.6 Å². The average Bonchev–Trinajstić information content (AvgIpc) is 2.91. The molecule has 4 nitrogen and oxygen atoms in total. The molecule has 104 valence electrons. The summed E-state index contributed by atoms with van der Waals surface area (Å²) in [6, 6.07) is 0. The fourth-order valence-corrected chi connectivity index (χ4v) is 2.78. The van der Waals surface area contributed by atoms with Crippen molar-refractivity contribution in [3.8, 4) is 0 Å². The largest absolute Gasteiger partial charge is 0.378 e. The standard InChI is InChI=1S/C14H26N2O2/c1-15(10-7-13-6-2-5-11-18-13)12-14(17)16-8-3-4-9-16/h13H,2-12H2,1H3. The van der Waals surface area contributed by atoms with E-state index in [1.165, 1.54) is 32.1 Å². The molecule has 1 unspecified atom stereocenters. The van der Waals surface area contributed by atoms with Crippen LogP contribution in [-0.2, 0) is 9.53 Å². The topological polar surface area (TPSA) is 32.8 Å². The Morgan fingerprint density at radius 2 is 2.06 bits per heavy atom. The maximum absolute atomic E-state index is 12.0. The fraction of sp³-hybridized carbons (Fsp3) is 0.929. The molecule has 0 aromatic heterocycles. The van der Waals surface area contributed by atoms with Crippen molar-refractivity contribution in [3.05, 3.63) is 0 Å². The Morgan fingerprint density at radius 3 is 2.72 bits per heavy atom. The zero-order valence-electron chi connectivity index (χ0n) is 11.6. The molecule has 1 amide bonds. The first-order chi connectivity index (χ1) is 8.75. The zero-order valence-corrected chi connectivity index (χ0v) is 11.6. The minimum atomic E-state index is 0.291. The number of likely N-dealkylation sites (tertiary alicyclic amines) is 1. The van der Waals surface area contributed by atoms with E-state index in [1.807, 2.05) is 11.9 Å². The molecule has 4 heteroatoms. The Bertz CT molecular complexity index is 259. The van der Waals surface area contributed by atoms with Crippen LogP contribution in [0, 0.1) is 0 Å². The van der Waals surface area contributed by atoms with Gasteiger partial charge in [-0.15, -0.1) is 0 Å². The van der Waals surface area contributed by atoms with Crippen molar-refractivity contribution in [3.63, 3.8) is 0 Å². The van der Waals surface area contributed by atoms with Gasteiger partial charge < -0.3 is 9.64 Å². The second kappa shape index (κ2) is 7.10. The summed E-state index contributed by atoms with van der Waals surface area (Å²) in [6.45, 7) is 4.36. The van der Waals surface area contributed by atoms with Gasteiger partial charge in [-0.3, -0.25) is 9.69 Å². The molecule has 2 saturated heterocycles. The van der Waals surface area contributed by atoms with E-state index in [0.29, 0.717) is 18.6 Å². The normalized spacial score (nSPS) is 24.8. The van der Waals surface area contributed by atoms with Gasteiger partial charge in [0, 0.05) is 26.2 Å².